The maximum absolute atomic E-state index is 2.62. The van der Waals surface area contributed by atoms with Crippen LogP contribution in [0.4, 0.5) is 0 Å². The molecular weight excluding hydrogens is 376 g/mol. The summed E-state index contributed by atoms with van der Waals surface area (Å²) in [5.74, 6) is 1.95. The van der Waals surface area contributed by atoms with Gasteiger partial charge in [0.1, 0.15) is 11.9 Å². The predicted molar refractivity (Wildman–Crippen MR) is 131 cm³/mol. The molecule has 0 aliphatic rings. The molecule has 3 rings (SSSR count). The molecule has 2 nitrogen and oxygen atoms in total. The predicted octanol–water partition coefficient (Wildman–Crippen LogP) is 7.00. The van der Waals surface area contributed by atoms with E-state index in [1.54, 1.807) is 0 Å². The molecule has 2 heteroatoms. The molecule has 0 saturated heterocycles. The van der Waals surface area contributed by atoms with Gasteiger partial charge in [-0.15, -0.1) is 0 Å². The Balaban J connectivity index is 1.73. The van der Waals surface area contributed by atoms with Crippen molar-refractivity contribution in [3.63, 3.8) is 0 Å². The molecule has 1 aromatic heterocycles. The Hall–Kier alpha value is -2.35. The van der Waals surface area contributed by atoms with Crippen LogP contribution in [-0.2, 0) is 26.4 Å². The zero-order chi connectivity index (χ0) is 21.9. The fraction of sp³-hybridized carbons (Fsp3) is 0.483. The summed E-state index contributed by atoms with van der Waals surface area (Å²) in [5.41, 5.74) is 4.29. The van der Waals surface area contributed by atoms with E-state index in [0.717, 1.165) is 19.4 Å². The average molecular weight is 418 g/mol. The number of imidazole rings is 1. The highest BCUT2D eigenvalue weighted by molar-refractivity contribution is 5.21. The molecule has 3 aromatic rings. The third-order valence-electron chi connectivity index (χ3n) is 6.48. The first-order valence-corrected chi connectivity index (χ1v) is 12.3. The van der Waals surface area contributed by atoms with E-state index in [9.17, 15) is 0 Å². The molecule has 2 aromatic carbocycles. The van der Waals surface area contributed by atoms with Crippen LogP contribution in [0.25, 0.3) is 0 Å². The lowest BCUT2D eigenvalue weighted by atomic mass is 9.96. The Labute approximate surface area is 190 Å². The van der Waals surface area contributed by atoms with Crippen LogP contribution in [0.3, 0.4) is 0 Å². The summed E-state index contributed by atoms with van der Waals surface area (Å²) in [6.07, 6.45) is 13.9. The number of rotatable bonds is 13. The topological polar surface area (TPSA) is 8.81 Å². The van der Waals surface area contributed by atoms with E-state index < -0.39 is 0 Å². The first kappa shape index (κ1) is 23.3. The summed E-state index contributed by atoms with van der Waals surface area (Å²) in [7, 11) is 2.22. The largest absolute Gasteiger partial charge is 0.260 e. The monoisotopic (exact) mass is 417 g/mol. The Bertz CT molecular complexity index is 880. The summed E-state index contributed by atoms with van der Waals surface area (Å²) in [4.78, 5) is 0. The normalized spacial score (nSPS) is 12.2. The molecule has 0 amide bonds. The molecule has 31 heavy (non-hydrogen) atoms. The van der Waals surface area contributed by atoms with Crippen molar-refractivity contribution in [1.29, 1.82) is 0 Å². The van der Waals surface area contributed by atoms with Gasteiger partial charge in [-0.25, -0.2) is 9.13 Å². The van der Waals surface area contributed by atoms with E-state index in [1.807, 2.05) is 0 Å². The second-order valence-electron chi connectivity index (χ2n) is 9.10. The average Bonchev–Trinajstić information content (AvgIpc) is 3.08. The van der Waals surface area contributed by atoms with E-state index in [0.29, 0.717) is 5.92 Å². The minimum Gasteiger partial charge on any atom is -0.236 e. The van der Waals surface area contributed by atoms with E-state index in [1.165, 1.54) is 67.6 Å². The van der Waals surface area contributed by atoms with Crippen LogP contribution in [0, 0.1) is 0 Å². The molecule has 0 N–H and O–H groups in total. The number of benzene rings is 2. The number of nitrogens with zero attached hydrogens (tertiary/aromatic N) is 2. The minimum atomic E-state index is 0.522. The van der Waals surface area contributed by atoms with Crippen LogP contribution >= 0.6 is 0 Å². The number of hydrogen-bond acceptors (Lipinski definition) is 0. The van der Waals surface area contributed by atoms with Crippen molar-refractivity contribution in [3.05, 3.63) is 89.5 Å². The molecule has 1 heterocycles. The molecule has 0 aliphatic carbocycles. The smallest absolute Gasteiger partial charge is 0.236 e. The SMILES string of the molecule is CCCCCCCCC[n+]1c(CC(C)c2ccccc2)cn(C)c1Cc1ccccc1. The van der Waals surface area contributed by atoms with Gasteiger partial charge in [-0.3, -0.25) is 0 Å². The van der Waals surface area contributed by atoms with Crippen molar-refractivity contribution >= 4 is 0 Å². The summed E-state index contributed by atoms with van der Waals surface area (Å²) in [5, 5.41) is 0. The Morgan fingerprint density at radius 1 is 0.806 bits per heavy atom. The van der Waals surface area contributed by atoms with E-state index >= 15 is 0 Å². The van der Waals surface area contributed by atoms with Crippen molar-refractivity contribution in [2.24, 2.45) is 7.05 Å². The van der Waals surface area contributed by atoms with Crippen molar-refractivity contribution in [1.82, 2.24) is 4.57 Å². The molecule has 0 spiro atoms. The van der Waals surface area contributed by atoms with Gasteiger partial charge in [-0.05, 0) is 29.9 Å². The van der Waals surface area contributed by atoms with Crippen molar-refractivity contribution in [2.45, 2.75) is 84.1 Å². The zero-order valence-electron chi connectivity index (χ0n) is 19.9. The molecule has 0 aliphatic heterocycles. The third-order valence-corrected chi connectivity index (χ3v) is 6.48. The fourth-order valence-corrected chi connectivity index (χ4v) is 4.60. The van der Waals surface area contributed by atoms with Gasteiger partial charge in [0.2, 0.25) is 0 Å². The lowest BCUT2D eigenvalue weighted by Crippen LogP contribution is -2.41. The molecular formula is C29H41N2+. The fourth-order valence-electron chi connectivity index (χ4n) is 4.60. The highest BCUT2D eigenvalue weighted by Gasteiger charge is 2.23. The maximum Gasteiger partial charge on any atom is 0.260 e. The van der Waals surface area contributed by atoms with Crippen molar-refractivity contribution < 1.29 is 4.57 Å². The van der Waals surface area contributed by atoms with Crippen LogP contribution in [0.1, 0.15) is 87.4 Å². The van der Waals surface area contributed by atoms with Crippen molar-refractivity contribution in [2.75, 3.05) is 0 Å². The van der Waals surface area contributed by atoms with Gasteiger partial charge in [0, 0.05) is 6.42 Å². The highest BCUT2D eigenvalue weighted by atomic mass is 15.1. The number of aryl methyl sites for hydroxylation is 1. The molecule has 1 unspecified atom stereocenters. The second-order valence-corrected chi connectivity index (χ2v) is 9.10. The molecule has 0 saturated carbocycles. The van der Waals surface area contributed by atoms with Gasteiger partial charge in [0.15, 0.2) is 0 Å². The number of aromatic nitrogens is 2. The van der Waals surface area contributed by atoms with Gasteiger partial charge in [0.05, 0.1) is 20.0 Å². The van der Waals surface area contributed by atoms with E-state index in [-0.39, 0.29) is 0 Å². The summed E-state index contributed by atoms with van der Waals surface area (Å²) in [6, 6.07) is 21.8. The minimum absolute atomic E-state index is 0.522. The van der Waals surface area contributed by atoms with Gasteiger partial charge < -0.3 is 0 Å². The Kier molecular flexibility index (Phi) is 9.39. The molecule has 0 fully saturated rings. The number of hydrogen-bond donors (Lipinski definition) is 0. The standard InChI is InChI=1S/C29H41N2/c1-4-5-6-7-8-9-16-21-31-28(22-25(2)27-19-14-11-15-20-27)24-30(3)29(31)23-26-17-12-10-13-18-26/h10-15,17-20,24-25H,4-9,16,21-23H2,1-3H3/q+1. The van der Waals surface area contributed by atoms with Crippen LogP contribution < -0.4 is 4.57 Å². The first-order valence-electron chi connectivity index (χ1n) is 12.3. The molecule has 1 atom stereocenters. The Morgan fingerprint density at radius 3 is 2.10 bits per heavy atom. The van der Waals surface area contributed by atoms with Crippen LogP contribution in [-0.4, -0.2) is 4.57 Å². The van der Waals surface area contributed by atoms with Gasteiger partial charge in [0.25, 0.3) is 5.82 Å². The molecule has 166 valence electrons. The molecule has 0 bridgehead atoms. The molecule has 0 radical (unpaired) electrons. The summed E-state index contributed by atoms with van der Waals surface area (Å²) < 4.78 is 4.99. The zero-order valence-corrected chi connectivity index (χ0v) is 19.9. The summed E-state index contributed by atoms with van der Waals surface area (Å²) >= 11 is 0. The highest BCUT2D eigenvalue weighted by Crippen LogP contribution is 2.20. The van der Waals surface area contributed by atoms with Gasteiger partial charge in [-0.1, -0.05) is 107 Å². The van der Waals surface area contributed by atoms with Crippen LogP contribution in [0.15, 0.2) is 66.9 Å². The summed E-state index contributed by atoms with van der Waals surface area (Å²) in [6.45, 7) is 5.78. The quantitative estimate of drug-likeness (QED) is 0.209. The maximum atomic E-state index is 2.62. The Morgan fingerprint density at radius 2 is 1.42 bits per heavy atom. The van der Waals surface area contributed by atoms with Gasteiger partial charge >= 0.3 is 0 Å². The number of unbranched alkanes of at least 4 members (excludes halogenated alkanes) is 6. The van der Waals surface area contributed by atoms with Crippen LogP contribution in [0.2, 0.25) is 0 Å². The van der Waals surface area contributed by atoms with Crippen molar-refractivity contribution in [3.8, 4) is 0 Å². The lowest BCUT2D eigenvalue weighted by Gasteiger charge is -2.12. The van der Waals surface area contributed by atoms with Crippen LogP contribution in [0.5, 0.6) is 0 Å². The first-order chi connectivity index (χ1) is 15.2. The van der Waals surface area contributed by atoms with E-state index in [4.69, 9.17) is 0 Å². The second kappa shape index (κ2) is 12.5. The van der Waals surface area contributed by atoms with Gasteiger partial charge in [-0.2, -0.15) is 0 Å². The van der Waals surface area contributed by atoms with E-state index in [2.05, 4.69) is 96.9 Å². The lowest BCUT2D eigenvalue weighted by molar-refractivity contribution is -0.710. The third kappa shape index (κ3) is 7.09.